The van der Waals surface area contributed by atoms with E-state index in [1.165, 1.54) is 0 Å². The summed E-state index contributed by atoms with van der Waals surface area (Å²) >= 11 is 3.43. The van der Waals surface area contributed by atoms with Gasteiger partial charge in [0.1, 0.15) is 0 Å². The minimum Gasteiger partial charge on any atom is -0.393 e. The molecule has 2 nitrogen and oxygen atoms in total. The van der Waals surface area contributed by atoms with Gasteiger partial charge in [0, 0.05) is 4.47 Å². The molecule has 1 N–H and O–H groups in total. The van der Waals surface area contributed by atoms with E-state index in [2.05, 4.69) is 22.0 Å². The van der Waals surface area contributed by atoms with Crippen molar-refractivity contribution in [2.24, 2.45) is 0 Å². The van der Waals surface area contributed by atoms with Crippen LogP contribution in [0.3, 0.4) is 0 Å². The highest BCUT2D eigenvalue weighted by Crippen LogP contribution is 2.45. The van der Waals surface area contributed by atoms with E-state index in [0.717, 1.165) is 10.0 Å². The van der Waals surface area contributed by atoms with Crippen molar-refractivity contribution in [3.8, 4) is 6.07 Å². The molecule has 0 atom stereocenters. The third-order valence-corrected chi connectivity index (χ3v) is 3.46. The largest absolute Gasteiger partial charge is 0.393 e. The van der Waals surface area contributed by atoms with Gasteiger partial charge in [0.05, 0.1) is 17.6 Å². The van der Waals surface area contributed by atoms with E-state index in [1.807, 2.05) is 24.3 Å². The van der Waals surface area contributed by atoms with Crippen molar-refractivity contribution in [3.05, 3.63) is 34.3 Å². The number of aliphatic hydroxyl groups is 1. The Morgan fingerprint density at radius 1 is 1.43 bits per heavy atom. The predicted molar refractivity (Wildman–Crippen MR) is 56.7 cm³/mol. The Labute approximate surface area is 91.3 Å². The van der Waals surface area contributed by atoms with Gasteiger partial charge in [-0.3, -0.25) is 0 Å². The van der Waals surface area contributed by atoms with Gasteiger partial charge in [0.25, 0.3) is 0 Å². The van der Waals surface area contributed by atoms with Crippen molar-refractivity contribution in [1.29, 1.82) is 5.26 Å². The number of benzene rings is 1. The van der Waals surface area contributed by atoms with Crippen molar-refractivity contribution in [2.75, 3.05) is 0 Å². The molecule has 1 aliphatic carbocycles. The molecular formula is C11H10BrNO. The molecule has 1 aromatic carbocycles. The second-order valence-electron chi connectivity index (χ2n) is 3.74. The molecule has 1 aliphatic rings. The molecular weight excluding hydrogens is 242 g/mol. The lowest BCUT2D eigenvalue weighted by Gasteiger charge is -2.40. The highest BCUT2D eigenvalue weighted by Gasteiger charge is 2.46. The maximum atomic E-state index is 9.30. The summed E-state index contributed by atoms with van der Waals surface area (Å²) in [5, 5.41) is 18.5. The first-order chi connectivity index (χ1) is 6.68. The maximum absolute atomic E-state index is 9.30. The van der Waals surface area contributed by atoms with Crippen LogP contribution in [-0.2, 0) is 5.41 Å². The predicted octanol–water partition coefficient (Wildman–Crippen LogP) is 2.37. The molecule has 72 valence electrons. The molecule has 3 heteroatoms. The number of hydrogen-bond donors (Lipinski definition) is 1. The first-order valence-electron chi connectivity index (χ1n) is 4.52. The standard InChI is InChI=1S/C11H10BrNO/c12-10-4-2-1-3-9(10)11(7-13)5-8(14)6-11/h1-4,8,14H,5-6H2. The number of aliphatic hydroxyl groups excluding tert-OH is 1. The molecule has 14 heavy (non-hydrogen) atoms. The lowest BCUT2D eigenvalue weighted by atomic mass is 9.64. The average Bonchev–Trinajstić information content (AvgIpc) is 2.14. The van der Waals surface area contributed by atoms with E-state index in [0.29, 0.717) is 12.8 Å². The topological polar surface area (TPSA) is 44.0 Å². The summed E-state index contributed by atoms with van der Waals surface area (Å²) in [7, 11) is 0. The van der Waals surface area contributed by atoms with Gasteiger partial charge in [-0.05, 0) is 24.5 Å². The van der Waals surface area contributed by atoms with Crippen molar-refractivity contribution in [3.63, 3.8) is 0 Å². The Hall–Kier alpha value is -0.850. The Balaban J connectivity index is 2.40. The van der Waals surface area contributed by atoms with Crippen LogP contribution in [0.25, 0.3) is 0 Å². The van der Waals surface area contributed by atoms with Gasteiger partial charge in [-0.1, -0.05) is 34.1 Å². The van der Waals surface area contributed by atoms with Gasteiger partial charge >= 0.3 is 0 Å². The number of halogens is 1. The lowest BCUT2D eigenvalue weighted by molar-refractivity contribution is 0.0444. The zero-order valence-electron chi connectivity index (χ0n) is 7.57. The number of nitrogens with zero attached hydrogens (tertiary/aromatic N) is 1. The van der Waals surface area contributed by atoms with Crippen LogP contribution >= 0.6 is 15.9 Å². The Morgan fingerprint density at radius 2 is 2.07 bits per heavy atom. The third-order valence-electron chi connectivity index (χ3n) is 2.77. The second kappa shape index (κ2) is 3.38. The van der Waals surface area contributed by atoms with Gasteiger partial charge in [0.2, 0.25) is 0 Å². The molecule has 0 radical (unpaired) electrons. The highest BCUT2D eigenvalue weighted by molar-refractivity contribution is 9.10. The first kappa shape index (κ1) is 9.70. The van der Waals surface area contributed by atoms with E-state index < -0.39 is 5.41 Å². The van der Waals surface area contributed by atoms with Gasteiger partial charge in [0.15, 0.2) is 0 Å². The maximum Gasteiger partial charge on any atom is 0.0882 e. The van der Waals surface area contributed by atoms with E-state index in [1.54, 1.807) is 0 Å². The Bertz CT molecular complexity index is 391. The summed E-state index contributed by atoms with van der Waals surface area (Å²) in [5.41, 5.74) is 0.521. The molecule has 0 unspecified atom stereocenters. The zero-order valence-corrected chi connectivity index (χ0v) is 9.16. The Morgan fingerprint density at radius 3 is 2.57 bits per heavy atom. The summed E-state index contributed by atoms with van der Waals surface area (Å²) in [6.07, 6.45) is 0.778. The van der Waals surface area contributed by atoms with Crippen molar-refractivity contribution < 1.29 is 5.11 Å². The average molecular weight is 252 g/mol. The fourth-order valence-corrected chi connectivity index (χ4v) is 2.63. The molecule has 0 bridgehead atoms. The van der Waals surface area contributed by atoms with E-state index in [9.17, 15) is 5.11 Å². The van der Waals surface area contributed by atoms with Crippen LogP contribution in [0.4, 0.5) is 0 Å². The Kier molecular flexibility index (Phi) is 2.34. The second-order valence-corrected chi connectivity index (χ2v) is 4.59. The van der Waals surface area contributed by atoms with Crippen LogP contribution in [0, 0.1) is 11.3 Å². The highest BCUT2D eigenvalue weighted by atomic mass is 79.9. The van der Waals surface area contributed by atoms with Gasteiger partial charge in [-0.25, -0.2) is 0 Å². The van der Waals surface area contributed by atoms with Crippen molar-refractivity contribution >= 4 is 15.9 Å². The van der Waals surface area contributed by atoms with Crippen LogP contribution in [0.5, 0.6) is 0 Å². The fourth-order valence-electron chi connectivity index (χ4n) is 1.97. The lowest BCUT2D eigenvalue weighted by Crippen LogP contribution is -2.43. The van der Waals surface area contributed by atoms with Crippen LogP contribution in [0.15, 0.2) is 28.7 Å². The molecule has 1 saturated carbocycles. The van der Waals surface area contributed by atoms with Crippen LogP contribution in [-0.4, -0.2) is 11.2 Å². The molecule has 0 amide bonds. The van der Waals surface area contributed by atoms with E-state index >= 15 is 0 Å². The van der Waals surface area contributed by atoms with Gasteiger partial charge in [-0.15, -0.1) is 0 Å². The first-order valence-corrected chi connectivity index (χ1v) is 5.31. The molecule has 2 rings (SSSR count). The molecule has 1 aromatic rings. The quantitative estimate of drug-likeness (QED) is 0.833. The fraction of sp³-hybridized carbons (Fsp3) is 0.364. The van der Waals surface area contributed by atoms with E-state index in [4.69, 9.17) is 5.26 Å². The summed E-state index contributed by atoms with van der Waals surface area (Å²) in [5.74, 6) is 0. The zero-order chi connectivity index (χ0) is 10.2. The molecule has 0 aliphatic heterocycles. The van der Waals surface area contributed by atoms with Gasteiger partial charge in [-0.2, -0.15) is 5.26 Å². The molecule has 0 aromatic heterocycles. The van der Waals surface area contributed by atoms with Crippen molar-refractivity contribution in [1.82, 2.24) is 0 Å². The summed E-state index contributed by atoms with van der Waals surface area (Å²) in [4.78, 5) is 0. The summed E-state index contributed by atoms with van der Waals surface area (Å²) in [6.45, 7) is 0. The molecule has 0 saturated heterocycles. The monoisotopic (exact) mass is 251 g/mol. The summed E-state index contributed by atoms with van der Waals surface area (Å²) < 4.78 is 0.952. The molecule has 0 heterocycles. The minimum atomic E-state index is -0.473. The van der Waals surface area contributed by atoms with Crippen LogP contribution < -0.4 is 0 Å². The van der Waals surface area contributed by atoms with Gasteiger partial charge < -0.3 is 5.11 Å². The number of rotatable bonds is 1. The third kappa shape index (κ3) is 1.35. The summed E-state index contributed by atoms with van der Waals surface area (Å²) in [6, 6.07) is 10.0. The molecule has 1 fully saturated rings. The number of nitriles is 1. The van der Waals surface area contributed by atoms with Crippen molar-refractivity contribution in [2.45, 2.75) is 24.4 Å². The number of hydrogen-bond acceptors (Lipinski definition) is 2. The minimum absolute atomic E-state index is 0.318. The normalized spacial score (nSPS) is 30.5. The molecule has 0 spiro atoms. The van der Waals surface area contributed by atoms with E-state index in [-0.39, 0.29) is 6.10 Å². The smallest absolute Gasteiger partial charge is 0.0882 e. The van der Waals surface area contributed by atoms with Crippen LogP contribution in [0.2, 0.25) is 0 Å². The van der Waals surface area contributed by atoms with Crippen LogP contribution in [0.1, 0.15) is 18.4 Å². The SMILES string of the molecule is N#CC1(c2ccccc2Br)CC(O)C1.